The molecule has 0 bridgehead atoms. The highest BCUT2D eigenvalue weighted by molar-refractivity contribution is 5.73. The minimum absolute atomic E-state index is 0.187. The summed E-state index contributed by atoms with van der Waals surface area (Å²) in [6.45, 7) is 8.06. The highest BCUT2D eigenvalue weighted by Gasteiger charge is 2.18. The summed E-state index contributed by atoms with van der Waals surface area (Å²) in [5, 5.41) is 4.50. The fraction of sp³-hybridized carbons (Fsp3) is 0.750. The Hall–Kier alpha value is -1.56. The lowest BCUT2D eigenvalue weighted by Gasteiger charge is -2.34. The standard InChI is InChI=1S/C16H26N4O2/c1-14(21)19-10-8-18(9-11-19)6-4-12-22-16-13-15-5-2-3-7-20(15)17-16/h13H,2-12H2,1H3. The Bertz CT molecular complexity index is 483. The Morgan fingerprint density at radius 2 is 2.05 bits per heavy atom. The van der Waals surface area contributed by atoms with Crippen LogP contribution in [0.2, 0.25) is 0 Å². The summed E-state index contributed by atoms with van der Waals surface area (Å²) in [5.41, 5.74) is 1.31. The number of aryl methyl sites for hydroxylation is 2. The summed E-state index contributed by atoms with van der Waals surface area (Å²) >= 11 is 0. The molecule has 0 N–H and O–H groups in total. The zero-order valence-electron chi connectivity index (χ0n) is 13.5. The molecule has 6 nitrogen and oxygen atoms in total. The molecular formula is C16H26N4O2. The van der Waals surface area contributed by atoms with Gasteiger partial charge in [-0.2, -0.15) is 0 Å². The fourth-order valence-electron chi connectivity index (χ4n) is 3.21. The first-order valence-corrected chi connectivity index (χ1v) is 8.40. The molecule has 2 aliphatic rings. The number of aromatic nitrogens is 2. The molecule has 0 atom stereocenters. The quantitative estimate of drug-likeness (QED) is 0.766. The van der Waals surface area contributed by atoms with E-state index in [9.17, 15) is 4.79 Å². The Morgan fingerprint density at radius 1 is 1.23 bits per heavy atom. The van der Waals surface area contributed by atoms with Crippen molar-refractivity contribution in [3.63, 3.8) is 0 Å². The predicted octanol–water partition coefficient (Wildman–Crippen LogP) is 1.15. The summed E-state index contributed by atoms with van der Waals surface area (Å²) in [6.07, 6.45) is 4.61. The summed E-state index contributed by atoms with van der Waals surface area (Å²) in [5.74, 6) is 0.963. The van der Waals surface area contributed by atoms with Crippen LogP contribution in [0.25, 0.3) is 0 Å². The van der Waals surface area contributed by atoms with Gasteiger partial charge in [-0.05, 0) is 25.7 Å². The summed E-state index contributed by atoms with van der Waals surface area (Å²) < 4.78 is 7.87. The number of carbonyl (C=O) groups is 1. The fourth-order valence-corrected chi connectivity index (χ4v) is 3.21. The third-order valence-electron chi connectivity index (χ3n) is 4.58. The number of rotatable bonds is 5. The van der Waals surface area contributed by atoms with E-state index in [1.54, 1.807) is 6.92 Å². The maximum Gasteiger partial charge on any atom is 0.233 e. The van der Waals surface area contributed by atoms with Crippen molar-refractivity contribution in [2.24, 2.45) is 0 Å². The first-order chi connectivity index (χ1) is 10.7. The lowest BCUT2D eigenvalue weighted by atomic mass is 10.1. The van der Waals surface area contributed by atoms with E-state index in [0.717, 1.165) is 58.0 Å². The highest BCUT2D eigenvalue weighted by Crippen LogP contribution is 2.19. The van der Waals surface area contributed by atoms with Gasteiger partial charge in [-0.3, -0.25) is 14.4 Å². The van der Waals surface area contributed by atoms with E-state index >= 15 is 0 Å². The Balaban J connectivity index is 1.34. The molecule has 1 fully saturated rings. The van der Waals surface area contributed by atoms with Gasteiger partial charge in [0.2, 0.25) is 11.8 Å². The van der Waals surface area contributed by atoms with Gasteiger partial charge in [0, 0.05) is 58.0 Å². The molecule has 1 aromatic rings. The number of fused-ring (bicyclic) bond motifs is 1. The highest BCUT2D eigenvalue weighted by atomic mass is 16.5. The number of carbonyl (C=O) groups excluding carboxylic acids is 1. The van der Waals surface area contributed by atoms with Crippen molar-refractivity contribution in [2.45, 2.75) is 39.2 Å². The zero-order chi connectivity index (χ0) is 15.4. The van der Waals surface area contributed by atoms with Gasteiger partial charge >= 0.3 is 0 Å². The van der Waals surface area contributed by atoms with Crippen molar-refractivity contribution < 1.29 is 9.53 Å². The Kier molecular flexibility index (Phi) is 4.97. The zero-order valence-corrected chi connectivity index (χ0v) is 13.5. The van der Waals surface area contributed by atoms with Gasteiger partial charge in [-0.25, -0.2) is 0 Å². The van der Waals surface area contributed by atoms with E-state index in [1.807, 2.05) is 4.90 Å². The van der Waals surface area contributed by atoms with E-state index in [-0.39, 0.29) is 5.91 Å². The largest absolute Gasteiger partial charge is 0.477 e. The molecule has 22 heavy (non-hydrogen) atoms. The molecule has 122 valence electrons. The smallest absolute Gasteiger partial charge is 0.233 e. The topological polar surface area (TPSA) is 50.6 Å². The van der Waals surface area contributed by atoms with Crippen LogP contribution in [0.15, 0.2) is 6.07 Å². The second-order valence-corrected chi connectivity index (χ2v) is 6.20. The molecule has 0 aliphatic carbocycles. The van der Waals surface area contributed by atoms with Gasteiger partial charge in [0.05, 0.1) is 6.61 Å². The van der Waals surface area contributed by atoms with Gasteiger partial charge in [0.15, 0.2) is 0 Å². The normalized spacial score (nSPS) is 19.0. The van der Waals surface area contributed by atoms with Crippen molar-refractivity contribution in [3.05, 3.63) is 11.8 Å². The average Bonchev–Trinajstić information content (AvgIpc) is 2.95. The molecule has 2 aliphatic heterocycles. The number of hydrogen-bond donors (Lipinski definition) is 0. The van der Waals surface area contributed by atoms with Crippen LogP contribution < -0.4 is 4.74 Å². The van der Waals surface area contributed by atoms with E-state index in [0.29, 0.717) is 6.61 Å². The summed E-state index contributed by atoms with van der Waals surface area (Å²) in [4.78, 5) is 15.6. The van der Waals surface area contributed by atoms with Crippen LogP contribution >= 0.6 is 0 Å². The molecule has 0 saturated carbocycles. The van der Waals surface area contributed by atoms with Gasteiger partial charge in [0.25, 0.3) is 0 Å². The van der Waals surface area contributed by atoms with Crippen molar-refractivity contribution >= 4 is 5.91 Å². The molecule has 0 radical (unpaired) electrons. The lowest BCUT2D eigenvalue weighted by molar-refractivity contribution is -0.130. The summed E-state index contributed by atoms with van der Waals surface area (Å²) in [7, 11) is 0. The van der Waals surface area contributed by atoms with Crippen LogP contribution in [0.3, 0.4) is 0 Å². The van der Waals surface area contributed by atoms with Crippen LogP contribution in [0.1, 0.15) is 31.9 Å². The molecule has 3 rings (SSSR count). The average molecular weight is 306 g/mol. The first kappa shape index (κ1) is 15.3. The van der Waals surface area contributed by atoms with Crippen molar-refractivity contribution in [2.75, 3.05) is 39.3 Å². The third-order valence-corrected chi connectivity index (χ3v) is 4.58. The number of hydrogen-bond acceptors (Lipinski definition) is 4. The minimum atomic E-state index is 0.187. The summed E-state index contributed by atoms with van der Waals surface area (Å²) in [6, 6.07) is 2.09. The maximum absolute atomic E-state index is 11.3. The predicted molar refractivity (Wildman–Crippen MR) is 84.0 cm³/mol. The Morgan fingerprint density at radius 3 is 2.77 bits per heavy atom. The van der Waals surface area contributed by atoms with Crippen molar-refractivity contribution in [3.8, 4) is 5.88 Å². The first-order valence-electron chi connectivity index (χ1n) is 8.40. The maximum atomic E-state index is 11.3. The molecule has 6 heteroatoms. The van der Waals surface area contributed by atoms with E-state index in [2.05, 4.69) is 20.7 Å². The number of piperazine rings is 1. The second-order valence-electron chi connectivity index (χ2n) is 6.20. The minimum Gasteiger partial charge on any atom is -0.477 e. The van der Waals surface area contributed by atoms with Crippen LogP contribution in [0.5, 0.6) is 5.88 Å². The SMILES string of the molecule is CC(=O)N1CCN(CCCOc2cc3n(n2)CCCC3)CC1. The molecule has 1 saturated heterocycles. The second kappa shape index (κ2) is 7.13. The van der Waals surface area contributed by atoms with E-state index in [1.165, 1.54) is 18.5 Å². The van der Waals surface area contributed by atoms with Gasteiger partial charge in [-0.15, -0.1) is 5.10 Å². The monoisotopic (exact) mass is 306 g/mol. The number of amides is 1. The Labute approximate surface area is 132 Å². The lowest BCUT2D eigenvalue weighted by Crippen LogP contribution is -2.48. The van der Waals surface area contributed by atoms with Crippen LogP contribution in [-0.4, -0.2) is 64.8 Å². The number of nitrogens with zero attached hydrogens (tertiary/aromatic N) is 4. The molecule has 1 amide bonds. The third kappa shape index (κ3) is 3.80. The van der Waals surface area contributed by atoms with E-state index in [4.69, 9.17) is 4.74 Å². The van der Waals surface area contributed by atoms with Gasteiger partial charge in [-0.1, -0.05) is 0 Å². The molecule has 1 aromatic heterocycles. The van der Waals surface area contributed by atoms with Crippen LogP contribution in [0, 0.1) is 0 Å². The van der Waals surface area contributed by atoms with Crippen molar-refractivity contribution in [1.82, 2.24) is 19.6 Å². The van der Waals surface area contributed by atoms with Crippen molar-refractivity contribution in [1.29, 1.82) is 0 Å². The molecule has 3 heterocycles. The van der Waals surface area contributed by atoms with Gasteiger partial charge < -0.3 is 9.64 Å². The van der Waals surface area contributed by atoms with Gasteiger partial charge in [0.1, 0.15) is 0 Å². The van der Waals surface area contributed by atoms with Crippen LogP contribution in [-0.2, 0) is 17.8 Å². The molecular weight excluding hydrogens is 280 g/mol. The number of ether oxygens (including phenoxy) is 1. The molecule has 0 unspecified atom stereocenters. The molecule has 0 aromatic carbocycles. The van der Waals surface area contributed by atoms with Crippen LogP contribution in [0.4, 0.5) is 0 Å². The molecule has 0 spiro atoms. The van der Waals surface area contributed by atoms with E-state index < -0.39 is 0 Å².